The highest BCUT2D eigenvalue weighted by molar-refractivity contribution is 14.0. The Labute approximate surface area is 187 Å². The molecule has 29 heavy (non-hydrogen) atoms. The number of benzene rings is 2. The number of hydrogen-bond acceptors (Lipinski definition) is 4. The van der Waals surface area contributed by atoms with Gasteiger partial charge in [-0.3, -0.25) is 9.79 Å². The predicted octanol–water partition coefficient (Wildman–Crippen LogP) is 3.04. The molecule has 0 saturated heterocycles. The van der Waals surface area contributed by atoms with Crippen LogP contribution in [0.4, 0.5) is 11.4 Å². The van der Waals surface area contributed by atoms with Gasteiger partial charge in [-0.2, -0.15) is 0 Å². The molecule has 8 heteroatoms. The number of rotatable bonds is 3. The van der Waals surface area contributed by atoms with Gasteiger partial charge in [0.1, 0.15) is 0 Å². The smallest absolute Gasteiger partial charge is 0.246 e. The third-order valence-corrected chi connectivity index (χ3v) is 4.83. The molecule has 0 aliphatic carbocycles. The standard InChI is InChI=1S/C21H24N4O3.HI/c1-22-21(24-16-7-8-18-19(13-16)28-12-4-11-27-18)23-14-20(26)25-10-9-15-5-2-3-6-17(15)25;/h2-3,5-8,13H,4,9-12,14H2,1H3,(H2,22,23,24);1H. The number of fused-ring (bicyclic) bond motifs is 2. The van der Waals surface area contributed by atoms with Crippen LogP contribution in [0.15, 0.2) is 47.5 Å². The predicted molar refractivity (Wildman–Crippen MR) is 125 cm³/mol. The van der Waals surface area contributed by atoms with Crippen molar-refractivity contribution in [2.24, 2.45) is 4.99 Å². The molecule has 2 aliphatic heterocycles. The lowest BCUT2D eigenvalue weighted by Crippen LogP contribution is -2.41. The number of nitrogens with zero attached hydrogens (tertiary/aromatic N) is 2. The molecule has 2 N–H and O–H groups in total. The molecule has 0 atom stereocenters. The van der Waals surface area contributed by atoms with E-state index < -0.39 is 0 Å². The number of carbonyl (C=O) groups is 1. The van der Waals surface area contributed by atoms with Gasteiger partial charge in [0, 0.05) is 37.5 Å². The summed E-state index contributed by atoms with van der Waals surface area (Å²) in [6, 6.07) is 13.7. The first-order chi connectivity index (χ1) is 13.7. The molecule has 0 aromatic heterocycles. The van der Waals surface area contributed by atoms with Gasteiger partial charge in [0.15, 0.2) is 17.5 Å². The van der Waals surface area contributed by atoms with Crippen molar-refractivity contribution in [3.8, 4) is 11.5 Å². The Hall–Kier alpha value is -2.49. The van der Waals surface area contributed by atoms with Gasteiger partial charge in [0.05, 0.1) is 19.8 Å². The lowest BCUT2D eigenvalue weighted by atomic mass is 10.2. The molecular formula is C21H25IN4O3. The van der Waals surface area contributed by atoms with Crippen LogP contribution in [0.5, 0.6) is 11.5 Å². The SMILES string of the molecule is CN=C(NCC(=O)N1CCc2ccccc21)Nc1ccc2c(c1)OCCCO2.I. The van der Waals surface area contributed by atoms with Crippen LogP contribution in [-0.2, 0) is 11.2 Å². The molecule has 2 aromatic rings. The Kier molecular flexibility index (Phi) is 7.18. The fourth-order valence-corrected chi connectivity index (χ4v) is 3.41. The van der Waals surface area contributed by atoms with Crippen LogP contribution in [0.25, 0.3) is 0 Å². The van der Waals surface area contributed by atoms with E-state index in [1.807, 2.05) is 41.3 Å². The average molecular weight is 508 g/mol. The largest absolute Gasteiger partial charge is 0.490 e. The van der Waals surface area contributed by atoms with Gasteiger partial charge in [-0.1, -0.05) is 18.2 Å². The number of aliphatic imine (C=N–C) groups is 1. The van der Waals surface area contributed by atoms with Crippen molar-refractivity contribution < 1.29 is 14.3 Å². The maximum Gasteiger partial charge on any atom is 0.246 e. The normalized spacial score (nSPS) is 15.1. The highest BCUT2D eigenvalue weighted by atomic mass is 127. The highest BCUT2D eigenvalue weighted by Gasteiger charge is 2.24. The van der Waals surface area contributed by atoms with E-state index in [0.29, 0.717) is 31.5 Å². The summed E-state index contributed by atoms with van der Waals surface area (Å²) in [6.45, 7) is 2.17. The minimum absolute atomic E-state index is 0. The first kappa shape index (κ1) is 21.2. The summed E-state index contributed by atoms with van der Waals surface area (Å²) in [5, 5.41) is 6.29. The number of para-hydroxylation sites is 1. The number of nitrogens with one attached hydrogen (secondary N) is 2. The fourth-order valence-electron chi connectivity index (χ4n) is 3.41. The van der Waals surface area contributed by atoms with E-state index >= 15 is 0 Å². The second-order valence-electron chi connectivity index (χ2n) is 6.69. The second-order valence-corrected chi connectivity index (χ2v) is 6.69. The number of guanidine groups is 1. The molecule has 154 valence electrons. The van der Waals surface area contributed by atoms with Crippen molar-refractivity contribution in [2.75, 3.05) is 43.6 Å². The van der Waals surface area contributed by atoms with Crippen LogP contribution < -0.4 is 25.0 Å². The average Bonchev–Trinajstić information content (AvgIpc) is 3.02. The summed E-state index contributed by atoms with van der Waals surface area (Å²) in [6.07, 6.45) is 1.76. The van der Waals surface area contributed by atoms with Gasteiger partial charge in [0.2, 0.25) is 5.91 Å². The lowest BCUT2D eigenvalue weighted by molar-refractivity contribution is -0.117. The van der Waals surface area contributed by atoms with Crippen molar-refractivity contribution in [1.29, 1.82) is 0 Å². The summed E-state index contributed by atoms with van der Waals surface area (Å²) in [5.41, 5.74) is 3.03. The summed E-state index contributed by atoms with van der Waals surface area (Å²) in [5.74, 6) is 2.00. The Morgan fingerprint density at radius 3 is 2.76 bits per heavy atom. The third kappa shape index (κ3) is 4.92. The first-order valence-corrected chi connectivity index (χ1v) is 9.50. The van der Waals surface area contributed by atoms with E-state index in [9.17, 15) is 4.79 Å². The van der Waals surface area contributed by atoms with Gasteiger partial charge in [-0.15, -0.1) is 24.0 Å². The van der Waals surface area contributed by atoms with Crippen molar-refractivity contribution in [1.82, 2.24) is 5.32 Å². The summed E-state index contributed by atoms with van der Waals surface area (Å²) >= 11 is 0. The fraction of sp³-hybridized carbons (Fsp3) is 0.333. The van der Waals surface area contributed by atoms with E-state index in [2.05, 4.69) is 21.7 Å². The zero-order chi connectivity index (χ0) is 19.3. The molecule has 2 aromatic carbocycles. The maximum absolute atomic E-state index is 12.7. The highest BCUT2D eigenvalue weighted by Crippen LogP contribution is 2.32. The van der Waals surface area contributed by atoms with Crippen molar-refractivity contribution >= 4 is 47.2 Å². The Balaban J connectivity index is 0.00000240. The van der Waals surface area contributed by atoms with Crippen LogP contribution in [0, 0.1) is 0 Å². The summed E-state index contributed by atoms with van der Waals surface area (Å²) < 4.78 is 11.4. The summed E-state index contributed by atoms with van der Waals surface area (Å²) in [7, 11) is 1.67. The second kappa shape index (κ2) is 9.82. The quantitative estimate of drug-likeness (QED) is 0.379. The molecule has 7 nitrogen and oxygen atoms in total. The molecular weight excluding hydrogens is 483 g/mol. The van der Waals surface area contributed by atoms with Gasteiger partial charge < -0.3 is 25.0 Å². The third-order valence-electron chi connectivity index (χ3n) is 4.83. The molecule has 0 saturated carbocycles. The molecule has 0 radical (unpaired) electrons. The Morgan fingerprint density at radius 2 is 1.93 bits per heavy atom. The van der Waals surface area contributed by atoms with Crippen molar-refractivity contribution in [2.45, 2.75) is 12.8 Å². The van der Waals surface area contributed by atoms with E-state index in [0.717, 1.165) is 30.0 Å². The van der Waals surface area contributed by atoms with Gasteiger partial charge in [0.25, 0.3) is 0 Å². The van der Waals surface area contributed by atoms with E-state index in [1.54, 1.807) is 7.05 Å². The van der Waals surface area contributed by atoms with Gasteiger partial charge in [-0.05, 0) is 30.2 Å². The van der Waals surface area contributed by atoms with Crippen LogP contribution in [0.1, 0.15) is 12.0 Å². The number of hydrogen-bond donors (Lipinski definition) is 2. The van der Waals surface area contributed by atoms with Crippen LogP contribution in [0.3, 0.4) is 0 Å². The molecule has 2 heterocycles. The number of halogens is 1. The first-order valence-electron chi connectivity index (χ1n) is 9.50. The van der Waals surface area contributed by atoms with E-state index in [1.165, 1.54) is 5.56 Å². The number of carbonyl (C=O) groups excluding carboxylic acids is 1. The van der Waals surface area contributed by atoms with Crippen LogP contribution in [0.2, 0.25) is 0 Å². The Morgan fingerprint density at radius 1 is 1.14 bits per heavy atom. The minimum Gasteiger partial charge on any atom is -0.490 e. The van der Waals surface area contributed by atoms with E-state index in [4.69, 9.17) is 9.47 Å². The molecule has 1 amide bonds. The zero-order valence-corrected chi connectivity index (χ0v) is 18.6. The number of ether oxygens (including phenoxy) is 2. The van der Waals surface area contributed by atoms with E-state index in [-0.39, 0.29) is 36.4 Å². The van der Waals surface area contributed by atoms with Crippen molar-refractivity contribution in [3.63, 3.8) is 0 Å². The van der Waals surface area contributed by atoms with Gasteiger partial charge >= 0.3 is 0 Å². The molecule has 4 rings (SSSR count). The molecule has 0 fully saturated rings. The summed E-state index contributed by atoms with van der Waals surface area (Å²) in [4.78, 5) is 18.7. The monoisotopic (exact) mass is 508 g/mol. The minimum atomic E-state index is 0. The number of amides is 1. The number of anilines is 2. The van der Waals surface area contributed by atoms with Gasteiger partial charge in [-0.25, -0.2) is 0 Å². The topological polar surface area (TPSA) is 75.2 Å². The molecule has 0 bridgehead atoms. The van der Waals surface area contributed by atoms with Crippen LogP contribution >= 0.6 is 24.0 Å². The maximum atomic E-state index is 12.7. The van der Waals surface area contributed by atoms with Crippen molar-refractivity contribution in [3.05, 3.63) is 48.0 Å². The molecule has 2 aliphatic rings. The Bertz CT molecular complexity index is 903. The lowest BCUT2D eigenvalue weighted by Gasteiger charge is -2.19. The van der Waals surface area contributed by atoms with Crippen LogP contribution in [-0.4, -0.2) is 45.2 Å². The molecule has 0 spiro atoms. The zero-order valence-electron chi connectivity index (χ0n) is 16.3. The molecule has 0 unspecified atom stereocenters.